The van der Waals surface area contributed by atoms with E-state index in [4.69, 9.17) is 32.5 Å². The minimum atomic E-state index is -4.96. The largest absolute Gasteiger partial charge is 0.465 e. The average molecular weight is 500 g/mol. The highest BCUT2D eigenvalue weighted by Crippen LogP contribution is 2.42. The van der Waals surface area contributed by atoms with Crippen molar-refractivity contribution >= 4 is 29.2 Å². The lowest BCUT2D eigenvalue weighted by atomic mass is 10.0. The molecule has 0 saturated heterocycles. The van der Waals surface area contributed by atoms with Crippen LogP contribution in [0.5, 0.6) is 0 Å². The van der Waals surface area contributed by atoms with E-state index in [2.05, 4.69) is 10.3 Å². The van der Waals surface area contributed by atoms with E-state index in [1.165, 1.54) is 30.3 Å². The van der Waals surface area contributed by atoms with E-state index in [0.717, 1.165) is 25.4 Å². The van der Waals surface area contributed by atoms with Gasteiger partial charge in [-0.2, -0.15) is 18.3 Å². The second kappa shape index (κ2) is 8.53. The Morgan fingerprint density at radius 2 is 1.88 bits per heavy atom. The van der Waals surface area contributed by atoms with Crippen LogP contribution in [0.25, 0.3) is 28.3 Å². The molecule has 6 nitrogen and oxygen atoms in total. The number of hydrogen-bond donors (Lipinski definition) is 0. The highest BCUT2D eigenvalue weighted by molar-refractivity contribution is 6.36. The number of benzene rings is 2. The van der Waals surface area contributed by atoms with Crippen molar-refractivity contribution in [3.05, 3.63) is 75.8 Å². The molecule has 33 heavy (non-hydrogen) atoms. The second-order valence-electron chi connectivity index (χ2n) is 6.65. The Balaban J connectivity index is 1.98. The first kappa shape index (κ1) is 22.8. The molecule has 0 unspecified atom stereocenters. The van der Waals surface area contributed by atoms with Crippen LogP contribution in [0.1, 0.15) is 16.1 Å². The molecule has 4 aromatic rings. The molecule has 0 bridgehead atoms. The molecule has 2 heterocycles. The van der Waals surface area contributed by atoms with Crippen LogP contribution in [0.15, 0.2) is 53.2 Å². The third kappa shape index (κ3) is 4.19. The van der Waals surface area contributed by atoms with Crippen molar-refractivity contribution in [2.45, 2.75) is 6.18 Å². The Labute approximate surface area is 193 Å². The van der Waals surface area contributed by atoms with Gasteiger partial charge in [-0.3, -0.25) is 0 Å². The van der Waals surface area contributed by atoms with Gasteiger partial charge in [0.15, 0.2) is 11.5 Å². The lowest BCUT2D eigenvalue weighted by molar-refractivity contribution is -0.142. The molecule has 0 amide bonds. The summed E-state index contributed by atoms with van der Waals surface area (Å²) in [5.41, 5.74) is -2.45. The topological polar surface area (TPSA) is 70.2 Å². The maximum Gasteiger partial charge on any atom is 0.434 e. The molecule has 0 aliphatic rings. The average Bonchev–Trinajstić information content (AvgIpc) is 3.37. The van der Waals surface area contributed by atoms with E-state index in [9.17, 15) is 22.4 Å². The first-order valence-electron chi connectivity index (χ1n) is 9.06. The molecular formula is C21H11Cl2F4N3O3. The number of alkyl halides is 3. The number of nitrogens with zero attached hydrogens (tertiary/aromatic N) is 3. The highest BCUT2D eigenvalue weighted by Gasteiger charge is 2.42. The minimum absolute atomic E-state index is 0.0824. The van der Waals surface area contributed by atoms with Gasteiger partial charge < -0.3 is 9.26 Å². The van der Waals surface area contributed by atoms with Crippen molar-refractivity contribution in [2.24, 2.45) is 0 Å². The van der Waals surface area contributed by atoms with Gasteiger partial charge in [0.2, 0.25) is 0 Å². The summed E-state index contributed by atoms with van der Waals surface area (Å²) in [5.74, 6) is -2.32. The molecule has 0 spiro atoms. The van der Waals surface area contributed by atoms with E-state index < -0.39 is 40.5 Å². The number of carbonyl (C=O) groups excluding carboxylic acids is 1. The third-order valence-corrected chi connectivity index (χ3v) is 5.15. The summed E-state index contributed by atoms with van der Waals surface area (Å²) in [6.07, 6.45) is -4.12. The lowest BCUT2D eigenvalue weighted by Gasteiger charge is -2.12. The number of methoxy groups -OCH3 is 1. The molecule has 0 saturated carbocycles. The van der Waals surface area contributed by atoms with Crippen molar-refractivity contribution in [2.75, 3.05) is 7.11 Å². The Hall–Kier alpha value is -3.37. The fourth-order valence-electron chi connectivity index (χ4n) is 3.22. The van der Waals surface area contributed by atoms with Gasteiger partial charge >= 0.3 is 12.1 Å². The van der Waals surface area contributed by atoms with Gasteiger partial charge in [0.25, 0.3) is 0 Å². The summed E-state index contributed by atoms with van der Waals surface area (Å²) in [6.45, 7) is 0. The van der Waals surface area contributed by atoms with Crippen LogP contribution in [0, 0.1) is 5.82 Å². The quantitative estimate of drug-likeness (QED) is 0.238. The van der Waals surface area contributed by atoms with E-state index in [0.29, 0.717) is 9.70 Å². The SMILES string of the molecule is COC(=O)c1c(-c2ccc(Cl)cc2Cl)noc1-c1cnn(-c2cccc(F)c2)c1C(F)(F)F. The van der Waals surface area contributed by atoms with E-state index in [1.54, 1.807) is 0 Å². The molecular weight excluding hydrogens is 489 g/mol. The summed E-state index contributed by atoms with van der Waals surface area (Å²) < 4.78 is 66.4. The number of aromatic nitrogens is 3. The van der Waals surface area contributed by atoms with Crippen molar-refractivity contribution < 1.29 is 31.6 Å². The maximum atomic E-state index is 14.1. The normalized spacial score (nSPS) is 11.6. The number of ether oxygens (including phenoxy) is 1. The Bertz CT molecular complexity index is 1370. The van der Waals surface area contributed by atoms with Crippen LogP contribution in [0.2, 0.25) is 10.0 Å². The van der Waals surface area contributed by atoms with Crippen LogP contribution < -0.4 is 0 Å². The zero-order valence-corrected chi connectivity index (χ0v) is 18.0. The molecule has 0 radical (unpaired) electrons. The zero-order valence-electron chi connectivity index (χ0n) is 16.5. The summed E-state index contributed by atoms with van der Waals surface area (Å²) in [7, 11) is 1.05. The van der Waals surface area contributed by atoms with Crippen LogP contribution >= 0.6 is 23.2 Å². The Morgan fingerprint density at radius 3 is 2.52 bits per heavy atom. The molecule has 0 aliphatic heterocycles. The molecule has 0 atom stereocenters. The molecule has 0 fully saturated rings. The number of esters is 1. The smallest absolute Gasteiger partial charge is 0.434 e. The summed E-state index contributed by atoms with van der Waals surface area (Å²) in [4.78, 5) is 12.6. The van der Waals surface area contributed by atoms with Crippen LogP contribution in [-0.4, -0.2) is 28.0 Å². The third-order valence-electron chi connectivity index (χ3n) is 4.60. The molecule has 12 heteroatoms. The van der Waals surface area contributed by atoms with Gasteiger partial charge in [-0.25, -0.2) is 13.9 Å². The summed E-state index contributed by atoms with van der Waals surface area (Å²) in [5, 5.41) is 7.90. The number of hydrogen-bond acceptors (Lipinski definition) is 5. The van der Waals surface area contributed by atoms with Gasteiger partial charge in [-0.15, -0.1) is 0 Å². The molecule has 2 aromatic carbocycles. The summed E-state index contributed by atoms with van der Waals surface area (Å²) in [6, 6.07) is 8.70. The van der Waals surface area contributed by atoms with E-state index in [-0.39, 0.29) is 22.0 Å². The van der Waals surface area contributed by atoms with Gasteiger partial charge in [0.05, 0.1) is 29.6 Å². The van der Waals surface area contributed by atoms with Crippen molar-refractivity contribution in [3.63, 3.8) is 0 Å². The molecule has 0 N–H and O–H groups in total. The second-order valence-corrected chi connectivity index (χ2v) is 7.49. The lowest BCUT2D eigenvalue weighted by Crippen LogP contribution is -2.15. The standard InChI is InChI=1S/C21H11Cl2F4N3O3/c1-32-20(31)16-17(13-6-5-10(22)7-15(13)23)29-33-18(16)14-9-28-30(19(14)21(25,26)27)12-4-2-3-11(24)8-12/h2-9H,1H3. The molecule has 170 valence electrons. The van der Waals surface area contributed by atoms with E-state index >= 15 is 0 Å². The van der Waals surface area contributed by atoms with Crippen LogP contribution in [0.4, 0.5) is 17.6 Å². The first-order chi connectivity index (χ1) is 15.6. The predicted octanol–water partition coefficient (Wildman–Crippen LogP) is 6.45. The van der Waals surface area contributed by atoms with E-state index in [1.807, 2.05) is 0 Å². The number of carbonyl (C=O) groups is 1. The van der Waals surface area contributed by atoms with Gasteiger partial charge in [0, 0.05) is 10.6 Å². The van der Waals surface area contributed by atoms with Gasteiger partial charge in [0.1, 0.15) is 17.1 Å². The molecule has 4 rings (SSSR count). The maximum absolute atomic E-state index is 14.1. The molecule has 2 aromatic heterocycles. The predicted molar refractivity (Wildman–Crippen MR) is 111 cm³/mol. The zero-order chi connectivity index (χ0) is 23.9. The van der Waals surface area contributed by atoms with Crippen molar-refractivity contribution in [1.82, 2.24) is 14.9 Å². The number of halogens is 6. The fourth-order valence-corrected chi connectivity index (χ4v) is 3.72. The van der Waals surface area contributed by atoms with Crippen molar-refractivity contribution in [1.29, 1.82) is 0 Å². The van der Waals surface area contributed by atoms with Gasteiger partial charge in [-0.1, -0.05) is 34.4 Å². The van der Waals surface area contributed by atoms with Crippen molar-refractivity contribution in [3.8, 4) is 28.3 Å². The van der Waals surface area contributed by atoms with Gasteiger partial charge in [-0.05, 0) is 36.4 Å². The Morgan fingerprint density at radius 1 is 1.12 bits per heavy atom. The van der Waals surface area contributed by atoms with Crippen LogP contribution in [0.3, 0.4) is 0 Å². The highest BCUT2D eigenvalue weighted by atomic mass is 35.5. The Kier molecular flexibility index (Phi) is 5.89. The van der Waals surface area contributed by atoms with Crippen LogP contribution in [-0.2, 0) is 10.9 Å². The molecule has 0 aliphatic carbocycles. The monoisotopic (exact) mass is 499 g/mol. The summed E-state index contributed by atoms with van der Waals surface area (Å²) >= 11 is 12.1. The fraction of sp³-hybridized carbons (Fsp3) is 0.0952. The minimum Gasteiger partial charge on any atom is -0.465 e. The number of rotatable bonds is 4. The first-order valence-corrected chi connectivity index (χ1v) is 9.82.